The van der Waals surface area contributed by atoms with E-state index in [4.69, 9.17) is 4.74 Å². The smallest absolute Gasteiger partial charge is 0.410 e. The zero-order chi connectivity index (χ0) is 17.0. The van der Waals surface area contributed by atoms with Crippen molar-refractivity contribution in [2.75, 3.05) is 13.1 Å². The molecule has 7 nitrogen and oxygen atoms in total. The van der Waals surface area contributed by atoms with Gasteiger partial charge >= 0.3 is 6.09 Å². The molecule has 1 aromatic heterocycles. The fraction of sp³-hybridized carbons (Fsp3) is 0.688. The first kappa shape index (κ1) is 17.3. The maximum absolute atomic E-state index is 12.4. The molecule has 0 aliphatic carbocycles. The first-order valence-electron chi connectivity index (χ1n) is 8.01. The maximum Gasteiger partial charge on any atom is 0.410 e. The van der Waals surface area contributed by atoms with Crippen LogP contribution in [-0.2, 0) is 16.0 Å². The Balaban J connectivity index is 1.89. The van der Waals surface area contributed by atoms with Crippen LogP contribution in [0.1, 0.15) is 39.8 Å². The molecule has 1 fully saturated rings. The summed E-state index contributed by atoms with van der Waals surface area (Å²) in [5, 5.41) is 2.89. The van der Waals surface area contributed by atoms with Crippen molar-refractivity contribution in [3.63, 3.8) is 0 Å². The van der Waals surface area contributed by atoms with Crippen LogP contribution >= 0.6 is 0 Å². The number of nitrogens with one attached hydrogen (secondary N) is 2. The topological polar surface area (TPSA) is 87.3 Å². The molecule has 1 aliphatic heterocycles. The number of H-pyrrole nitrogens is 1. The minimum atomic E-state index is -0.565. The quantitative estimate of drug-likeness (QED) is 0.883. The van der Waals surface area contributed by atoms with Gasteiger partial charge in [0.1, 0.15) is 11.6 Å². The first-order chi connectivity index (χ1) is 10.8. The van der Waals surface area contributed by atoms with Crippen LogP contribution in [0.25, 0.3) is 0 Å². The highest BCUT2D eigenvalue weighted by molar-refractivity contribution is 5.86. The molecule has 0 unspecified atom stereocenters. The van der Waals surface area contributed by atoms with Crippen molar-refractivity contribution in [3.05, 3.63) is 18.2 Å². The Hall–Kier alpha value is -2.05. The first-order valence-corrected chi connectivity index (χ1v) is 8.01. The van der Waals surface area contributed by atoms with Crippen molar-refractivity contribution in [1.82, 2.24) is 20.2 Å². The standard InChI is InChI=1S/C16H26N4O3/c1-11-7-13(20(9-11)15(22)23-16(2,3)4)14(21)18-6-5-12-8-17-10-19-12/h8,10-11,13H,5-7,9H2,1-4H3,(H,17,19)(H,18,21)/t11-,13-/m0/s1. The molecular formula is C16H26N4O3. The molecule has 0 aromatic carbocycles. The molecule has 0 saturated carbocycles. The predicted molar refractivity (Wildman–Crippen MR) is 85.8 cm³/mol. The average Bonchev–Trinajstić information content (AvgIpc) is 3.06. The average molecular weight is 322 g/mol. The monoisotopic (exact) mass is 322 g/mol. The number of carbonyl (C=O) groups excluding carboxylic acids is 2. The highest BCUT2D eigenvalue weighted by Crippen LogP contribution is 2.25. The molecule has 2 atom stereocenters. The van der Waals surface area contributed by atoms with Crippen molar-refractivity contribution in [1.29, 1.82) is 0 Å². The number of hydrogen-bond donors (Lipinski definition) is 2. The highest BCUT2D eigenvalue weighted by Gasteiger charge is 2.39. The van der Waals surface area contributed by atoms with Crippen molar-refractivity contribution < 1.29 is 14.3 Å². The van der Waals surface area contributed by atoms with Crippen molar-refractivity contribution >= 4 is 12.0 Å². The molecule has 0 bridgehead atoms. The molecular weight excluding hydrogens is 296 g/mol. The molecule has 128 valence electrons. The Morgan fingerprint density at radius 1 is 1.48 bits per heavy atom. The zero-order valence-corrected chi connectivity index (χ0v) is 14.3. The largest absolute Gasteiger partial charge is 0.444 e. The molecule has 2 rings (SSSR count). The van der Waals surface area contributed by atoms with Crippen molar-refractivity contribution in [2.45, 2.75) is 52.2 Å². The second-order valence-corrected chi connectivity index (χ2v) is 7.11. The molecule has 2 N–H and O–H groups in total. The summed E-state index contributed by atoms with van der Waals surface area (Å²) in [7, 11) is 0. The van der Waals surface area contributed by atoms with E-state index in [1.807, 2.05) is 27.7 Å². The van der Waals surface area contributed by atoms with Crippen LogP contribution < -0.4 is 5.32 Å². The fourth-order valence-electron chi connectivity index (χ4n) is 2.68. The summed E-state index contributed by atoms with van der Waals surface area (Å²) in [6.45, 7) is 8.56. The minimum Gasteiger partial charge on any atom is -0.444 e. The van der Waals surface area contributed by atoms with E-state index in [1.54, 1.807) is 17.4 Å². The summed E-state index contributed by atoms with van der Waals surface area (Å²) in [5.41, 5.74) is 0.402. The zero-order valence-electron chi connectivity index (χ0n) is 14.3. The number of aromatic nitrogens is 2. The summed E-state index contributed by atoms with van der Waals surface area (Å²) < 4.78 is 5.41. The minimum absolute atomic E-state index is 0.125. The van der Waals surface area contributed by atoms with Gasteiger partial charge < -0.3 is 15.0 Å². The number of amides is 2. The number of hydrogen-bond acceptors (Lipinski definition) is 4. The second-order valence-electron chi connectivity index (χ2n) is 7.11. The van der Waals surface area contributed by atoms with Gasteiger partial charge in [-0.05, 0) is 33.1 Å². The van der Waals surface area contributed by atoms with Crippen LogP contribution in [0.5, 0.6) is 0 Å². The lowest BCUT2D eigenvalue weighted by Gasteiger charge is -2.28. The molecule has 1 aliphatic rings. The number of aromatic amines is 1. The van der Waals surface area contributed by atoms with Gasteiger partial charge in [-0.1, -0.05) is 6.92 Å². The van der Waals surface area contributed by atoms with E-state index in [2.05, 4.69) is 15.3 Å². The third kappa shape index (κ3) is 4.97. The van der Waals surface area contributed by atoms with E-state index in [-0.39, 0.29) is 11.8 Å². The molecule has 7 heteroatoms. The number of rotatable bonds is 4. The van der Waals surface area contributed by atoms with E-state index in [1.165, 1.54) is 0 Å². The Morgan fingerprint density at radius 3 is 2.83 bits per heavy atom. The number of nitrogens with zero attached hydrogens (tertiary/aromatic N) is 2. The van der Waals surface area contributed by atoms with E-state index in [0.29, 0.717) is 25.9 Å². The van der Waals surface area contributed by atoms with E-state index in [9.17, 15) is 9.59 Å². The molecule has 1 saturated heterocycles. The highest BCUT2D eigenvalue weighted by atomic mass is 16.6. The SMILES string of the molecule is C[C@H]1C[C@@H](C(=O)NCCc2cnc[nH]2)N(C(=O)OC(C)(C)C)C1. The Labute approximate surface area is 136 Å². The van der Waals surface area contributed by atoms with Gasteiger partial charge in [0.25, 0.3) is 0 Å². The van der Waals surface area contributed by atoms with Gasteiger partial charge in [0.05, 0.1) is 6.33 Å². The summed E-state index contributed by atoms with van der Waals surface area (Å²) in [4.78, 5) is 33.2. The molecule has 2 heterocycles. The van der Waals surface area contributed by atoms with E-state index < -0.39 is 17.7 Å². The van der Waals surface area contributed by atoms with Gasteiger partial charge in [-0.15, -0.1) is 0 Å². The molecule has 0 spiro atoms. The number of likely N-dealkylation sites (tertiary alicyclic amines) is 1. The van der Waals surface area contributed by atoms with Crippen molar-refractivity contribution in [2.24, 2.45) is 5.92 Å². The normalized spacial score (nSPS) is 21.3. The van der Waals surface area contributed by atoms with Gasteiger partial charge in [0.2, 0.25) is 5.91 Å². The fourth-order valence-corrected chi connectivity index (χ4v) is 2.68. The third-order valence-corrected chi connectivity index (χ3v) is 3.69. The van der Waals surface area contributed by atoms with Crippen LogP contribution in [0.4, 0.5) is 4.79 Å². The summed E-state index contributed by atoms with van der Waals surface area (Å²) in [6.07, 6.45) is 4.27. The predicted octanol–water partition coefficient (Wildman–Crippen LogP) is 1.71. The lowest BCUT2D eigenvalue weighted by Crippen LogP contribution is -2.47. The Morgan fingerprint density at radius 2 is 2.22 bits per heavy atom. The Kier molecular flexibility index (Phi) is 5.28. The van der Waals surface area contributed by atoms with Crippen molar-refractivity contribution in [3.8, 4) is 0 Å². The van der Waals surface area contributed by atoms with E-state index >= 15 is 0 Å². The van der Waals surface area contributed by atoms with Crippen LogP contribution in [0.15, 0.2) is 12.5 Å². The summed E-state index contributed by atoms with van der Waals surface area (Å²) in [5.74, 6) is 0.158. The second kappa shape index (κ2) is 7.02. The summed E-state index contributed by atoms with van der Waals surface area (Å²) in [6, 6.07) is -0.457. The lowest BCUT2D eigenvalue weighted by atomic mass is 10.1. The van der Waals surface area contributed by atoms with Crippen LogP contribution in [-0.4, -0.2) is 51.6 Å². The van der Waals surface area contributed by atoms with Crippen LogP contribution in [0.3, 0.4) is 0 Å². The van der Waals surface area contributed by atoms with Gasteiger partial charge in [0.15, 0.2) is 0 Å². The number of carbonyl (C=O) groups is 2. The molecule has 2 amide bonds. The van der Waals surface area contributed by atoms with Crippen LogP contribution in [0, 0.1) is 5.92 Å². The number of ether oxygens (including phenoxy) is 1. The van der Waals surface area contributed by atoms with E-state index in [0.717, 1.165) is 5.69 Å². The van der Waals surface area contributed by atoms with Gasteiger partial charge in [-0.25, -0.2) is 9.78 Å². The molecule has 0 radical (unpaired) electrons. The van der Waals surface area contributed by atoms with Gasteiger partial charge in [0, 0.05) is 31.4 Å². The Bertz CT molecular complexity index is 536. The number of imidazole rings is 1. The summed E-state index contributed by atoms with van der Waals surface area (Å²) >= 11 is 0. The molecule has 23 heavy (non-hydrogen) atoms. The molecule has 1 aromatic rings. The van der Waals surface area contributed by atoms with Crippen LogP contribution in [0.2, 0.25) is 0 Å². The third-order valence-electron chi connectivity index (χ3n) is 3.69. The maximum atomic E-state index is 12.4. The van der Waals surface area contributed by atoms with Gasteiger partial charge in [-0.2, -0.15) is 0 Å². The lowest BCUT2D eigenvalue weighted by molar-refractivity contribution is -0.125. The van der Waals surface area contributed by atoms with Gasteiger partial charge in [-0.3, -0.25) is 9.69 Å².